The van der Waals surface area contributed by atoms with Gasteiger partial charge in [-0.05, 0) is 49.8 Å². The zero-order valence-corrected chi connectivity index (χ0v) is 11.5. The first-order valence-corrected chi connectivity index (χ1v) is 6.61. The van der Waals surface area contributed by atoms with Gasteiger partial charge in [0.05, 0.1) is 11.5 Å². The first kappa shape index (κ1) is 14.3. The average molecular weight is 281 g/mol. The average Bonchev–Trinajstić information content (AvgIpc) is 2.72. The number of halogens is 2. The molecule has 2 aliphatic rings. The van der Waals surface area contributed by atoms with Crippen LogP contribution in [0.15, 0.2) is 24.3 Å². The largest absolute Gasteiger partial charge is 0.311 e. The number of nitriles is 1. The maximum atomic E-state index is 12.9. The highest BCUT2D eigenvalue weighted by Crippen LogP contribution is 2.42. The van der Waals surface area contributed by atoms with Crippen molar-refractivity contribution in [1.29, 1.82) is 5.26 Å². The number of benzene rings is 1. The van der Waals surface area contributed by atoms with Gasteiger partial charge in [-0.25, -0.2) is 4.39 Å². The summed E-state index contributed by atoms with van der Waals surface area (Å²) in [5.74, 6) is -0.213. The molecule has 1 aromatic carbocycles. The third-order valence-corrected chi connectivity index (χ3v) is 4.30. The molecule has 1 aromatic rings. The van der Waals surface area contributed by atoms with Crippen molar-refractivity contribution >= 4 is 12.4 Å². The minimum Gasteiger partial charge on any atom is -0.311 e. The van der Waals surface area contributed by atoms with Crippen molar-refractivity contribution in [3.05, 3.63) is 35.6 Å². The summed E-state index contributed by atoms with van der Waals surface area (Å²) in [5.41, 5.74) is 0.814. The fourth-order valence-electron chi connectivity index (χ4n) is 3.52. The molecule has 102 valence electrons. The lowest BCUT2D eigenvalue weighted by molar-refractivity contribution is 0.224. The van der Waals surface area contributed by atoms with E-state index < -0.39 is 0 Å². The molecule has 0 saturated carbocycles. The van der Waals surface area contributed by atoms with Crippen molar-refractivity contribution in [3.8, 4) is 6.07 Å². The molecular formula is C15H18ClFN2. The minimum absolute atomic E-state index is 0. The van der Waals surface area contributed by atoms with Gasteiger partial charge in [0.1, 0.15) is 5.82 Å². The molecule has 0 radical (unpaired) electrons. The summed E-state index contributed by atoms with van der Waals surface area (Å²) in [7, 11) is 0. The molecule has 2 saturated heterocycles. The van der Waals surface area contributed by atoms with Crippen LogP contribution in [0.25, 0.3) is 0 Å². The quantitative estimate of drug-likeness (QED) is 0.903. The van der Waals surface area contributed by atoms with Crippen LogP contribution in [0.1, 0.15) is 31.2 Å². The van der Waals surface area contributed by atoms with Crippen LogP contribution in [0.5, 0.6) is 0 Å². The molecular weight excluding hydrogens is 263 g/mol. The van der Waals surface area contributed by atoms with Crippen molar-refractivity contribution < 1.29 is 4.39 Å². The first-order valence-electron chi connectivity index (χ1n) is 6.61. The second kappa shape index (κ2) is 5.48. The number of hydrogen-bond donors (Lipinski definition) is 1. The number of hydrogen-bond acceptors (Lipinski definition) is 2. The van der Waals surface area contributed by atoms with E-state index in [1.807, 2.05) is 0 Å². The maximum absolute atomic E-state index is 12.9. The molecule has 2 nitrogen and oxygen atoms in total. The van der Waals surface area contributed by atoms with Gasteiger partial charge in [-0.3, -0.25) is 0 Å². The first-order chi connectivity index (χ1) is 8.69. The van der Waals surface area contributed by atoms with Gasteiger partial charge in [0.15, 0.2) is 0 Å². The van der Waals surface area contributed by atoms with Crippen molar-refractivity contribution in [1.82, 2.24) is 5.32 Å². The van der Waals surface area contributed by atoms with E-state index >= 15 is 0 Å². The molecule has 1 N–H and O–H groups in total. The van der Waals surface area contributed by atoms with Crippen LogP contribution in [0.2, 0.25) is 0 Å². The zero-order chi connectivity index (χ0) is 12.6. The molecule has 2 aliphatic heterocycles. The predicted molar refractivity (Wildman–Crippen MR) is 74.6 cm³/mol. The predicted octanol–water partition coefficient (Wildman–Crippen LogP) is 3.21. The Kier molecular flexibility index (Phi) is 4.13. The molecule has 4 heteroatoms. The van der Waals surface area contributed by atoms with Gasteiger partial charge >= 0.3 is 0 Å². The van der Waals surface area contributed by atoms with Crippen LogP contribution in [-0.2, 0) is 6.42 Å². The summed E-state index contributed by atoms with van der Waals surface area (Å²) in [6.45, 7) is 0. The highest BCUT2D eigenvalue weighted by Gasteiger charge is 2.43. The minimum atomic E-state index is -0.255. The molecule has 2 bridgehead atoms. The van der Waals surface area contributed by atoms with Gasteiger partial charge in [-0.1, -0.05) is 12.1 Å². The SMILES string of the molecule is Cl.N#CC1(Cc2ccc(F)cc2)CC2CCC(C1)N2. The van der Waals surface area contributed by atoms with Crippen LogP contribution < -0.4 is 5.32 Å². The topological polar surface area (TPSA) is 35.8 Å². The lowest BCUT2D eigenvalue weighted by Crippen LogP contribution is -2.44. The lowest BCUT2D eigenvalue weighted by Gasteiger charge is -2.36. The molecule has 0 aromatic heterocycles. The summed E-state index contributed by atoms with van der Waals surface area (Å²) in [6.07, 6.45) is 4.99. The molecule has 2 atom stereocenters. The summed E-state index contributed by atoms with van der Waals surface area (Å²) < 4.78 is 12.9. The lowest BCUT2D eigenvalue weighted by atomic mass is 9.73. The van der Waals surface area contributed by atoms with E-state index in [9.17, 15) is 9.65 Å². The summed E-state index contributed by atoms with van der Waals surface area (Å²) in [5, 5.41) is 13.1. The monoisotopic (exact) mass is 280 g/mol. The van der Waals surface area contributed by atoms with Crippen LogP contribution in [0.4, 0.5) is 4.39 Å². The molecule has 19 heavy (non-hydrogen) atoms. The summed E-state index contributed by atoms with van der Waals surface area (Å²) >= 11 is 0. The van der Waals surface area contributed by atoms with E-state index in [4.69, 9.17) is 0 Å². The van der Waals surface area contributed by atoms with Crippen LogP contribution >= 0.6 is 12.4 Å². The molecule has 2 fully saturated rings. The molecule has 0 amide bonds. The normalized spacial score (nSPS) is 32.4. The number of nitrogens with zero attached hydrogens (tertiary/aromatic N) is 1. The summed E-state index contributed by atoms with van der Waals surface area (Å²) in [6, 6.07) is 10.1. The Bertz CT molecular complexity index is 468. The Morgan fingerprint density at radius 2 is 1.79 bits per heavy atom. The molecule has 3 rings (SSSR count). The van der Waals surface area contributed by atoms with Crippen molar-refractivity contribution in [2.75, 3.05) is 0 Å². The highest BCUT2D eigenvalue weighted by atomic mass is 35.5. The van der Waals surface area contributed by atoms with E-state index in [1.54, 1.807) is 12.1 Å². The molecule has 0 spiro atoms. The fraction of sp³-hybridized carbons (Fsp3) is 0.533. The number of fused-ring (bicyclic) bond motifs is 2. The van der Waals surface area contributed by atoms with Crippen molar-refractivity contribution in [2.24, 2.45) is 5.41 Å². The van der Waals surface area contributed by atoms with E-state index in [2.05, 4.69) is 11.4 Å². The fourth-order valence-corrected chi connectivity index (χ4v) is 3.52. The number of piperidine rings is 1. The van der Waals surface area contributed by atoms with E-state index in [0.717, 1.165) is 24.8 Å². The summed E-state index contributed by atoms with van der Waals surface area (Å²) in [4.78, 5) is 0. The Hall–Kier alpha value is -1.11. The maximum Gasteiger partial charge on any atom is 0.123 e. The molecule has 0 aliphatic carbocycles. The van der Waals surface area contributed by atoms with E-state index in [0.29, 0.717) is 12.1 Å². The zero-order valence-electron chi connectivity index (χ0n) is 10.7. The van der Waals surface area contributed by atoms with E-state index in [-0.39, 0.29) is 23.6 Å². The standard InChI is InChI=1S/C15H17FN2.ClH/c16-12-3-1-11(2-4-12)7-15(10-17)8-13-5-6-14(9-15)18-13;/h1-4,13-14,18H,5-9H2;1H. The van der Waals surface area contributed by atoms with Crippen LogP contribution in [-0.4, -0.2) is 12.1 Å². The Labute approximate surface area is 119 Å². The second-order valence-corrected chi connectivity index (χ2v) is 5.74. The number of rotatable bonds is 2. The Morgan fingerprint density at radius 3 is 2.32 bits per heavy atom. The smallest absolute Gasteiger partial charge is 0.123 e. The second-order valence-electron chi connectivity index (χ2n) is 5.74. The highest BCUT2D eigenvalue weighted by molar-refractivity contribution is 5.85. The van der Waals surface area contributed by atoms with E-state index in [1.165, 1.54) is 25.0 Å². The van der Waals surface area contributed by atoms with Crippen molar-refractivity contribution in [3.63, 3.8) is 0 Å². The van der Waals surface area contributed by atoms with Gasteiger partial charge in [-0.15, -0.1) is 12.4 Å². The third-order valence-electron chi connectivity index (χ3n) is 4.30. The van der Waals surface area contributed by atoms with Gasteiger partial charge in [0.25, 0.3) is 0 Å². The number of nitrogens with one attached hydrogen (secondary N) is 1. The van der Waals surface area contributed by atoms with Gasteiger partial charge in [0.2, 0.25) is 0 Å². The third kappa shape index (κ3) is 2.91. The van der Waals surface area contributed by atoms with Gasteiger partial charge in [-0.2, -0.15) is 5.26 Å². The van der Waals surface area contributed by atoms with Gasteiger partial charge < -0.3 is 5.32 Å². The van der Waals surface area contributed by atoms with Crippen LogP contribution in [0.3, 0.4) is 0 Å². The molecule has 2 unspecified atom stereocenters. The van der Waals surface area contributed by atoms with Crippen LogP contribution in [0, 0.1) is 22.6 Å². The van der Waals surface area contributed by atoms with Gasteiger partial charge in [0, 0.05) is 12.1 Å². The van der Waals surface area contributed by atoms with Crippen molar-refractivity contribution in [2.45, 2.75) is 44.2 Å². The Morgan fingerprint density at radius 1 is 1.21 bits per heavy atom. The molecule has 2 heterocycles. The Balaban J connectivity index is 0.00000133.